The molecule has 0 aliphatic carbocycles. The van der Waals surface area contributed by atoms with E-state index in [4.69, 9.17) is 18.9 Å². The summed E-state index contributed by atoms with van der Waals surface area (Å²) in [6.07, 6.45) is 1.01. The number of nitrogens with one attached hydrogen (secondary N) is 1. The van der Waals surface area contributed by atoms with Gasteiger partial charge in [-0.2, -0.15) is 0 Å². The standard InChI is InChI=1S/C21H23NO5/c1-3-25-21(23)17-10-16(14-8-9-22-11-14)18(20-19(17)26-12-27-20)13-4-6-15(24-2)7-5-13/h4-7,10,14,22H,3,8-9,11-12H2,1-2H3. The molecule has 27 heavy (non-hydrogen) atoms. The number of rotatable bonds is 5. The molecular weight excluding hydrogens is 346 g/mol. The van der Waals surface area contributed by atoms with E-state index >= 15 is 0 Å². The Kier molecular flexibility index (Phi) is 4.90. The maximum Gasteiger partial charge on any atom is 0.342 e. The highest BCUT2D eigenvalue weighted by molar-refractivity contribution is 5.97. The third kappa shape index (κ3) is 3.21. The maximum absolute atomic E-state index is 12.5. The van der Waals surface area contributed by atoms with E-state index in [1.165, 1.54) is 0 Å². The molecule has 1 atom stereocenters. The number of fused-ring (bicyclic) bond motifs is 1. The minimum absolute atomic E-state index is 0.0945. The lowest BCUT2D eigenvalue weighted by atomic mass is 9.87. The molecule has 0 saturated carbocycles. The summed E-state index contributed by atoms with van der Waals surface area (Å²) in [7, 11) is 1.65. The molecule has 6 nitrogen and oxygen atoms in total. The predicted octanol–water partition coefficient (Wildman–Crippen LogP) is 3.34. The first-order valence-electron chi connectivity index (χ1n) is 9.21. The fourth-order valence-corrected chi connectivity index (χ4v) is 3.75. The summed E-state index contributed by atoms with van der Waals surface area (Å²) in [4.78, 5) is 12.5. The molecule has 0 spiro atoms. The average Bonchev–Trinajstić information content (AvgIpc) is 3.39. The van der Waals surface area contributed by atoms with Crippen LogP contribution < -0.4 is 19.5 Å². The summed E-state index contributed by atoms with van der Waals surface area (Å²) >= 11 is 0. The zero-order valence-electron chi connectivity index (χ0n) is 15.5. The Morgan fingerprint density at radius 1 is 1.22 bits per heavy atom. The van der Waals surface area contributed by atoms with Gasteiger partial charge in [-0.15, -0.1) is 0 Å². The molecule has 6 heteroatoms. The number of methoxy groups -OCH3 is 1. The second kappa shape index (κ2) is 7.48. The average molecular weight is 369 g/mol. The van der Waals surface area contributed by atoms with Crippen LogP contribution in [0.5, 0.6) is 17.2 Å². The molecule has 0 bridgehead atoms. The van der Waals surface area contributed by atoms with Gasteiger partial charge in [-0.05, 0) is 55.1 Å². The quantitative estimate of drug-likeness (QED) is 0.816. The Balaban J connectivity index is 1.90. The molecule has 1 unspecified atom stereocenters. The molecule has 4 rings (SSSR count). The molecule has 0 aromatic heterocycles. The van der Waals surface area contributed by atoms with Crippen molar-refractivity contribution in [3.63, 3.8) is 0 Å². The van der Waals surface area contributed by atoms with E-state index in [1.54, 1.807) is 14.0 Å². The number of esters is 1. The molecule has 0 radical (unpaired) electrons. The van der Waals surface area contributed by atoms with E-state index in [0.29, 0.717) is 29.6 Å². The van der Waals surface area contributed by atoms with Crippen molar-refractivity contribution in [2.24, 2.45) is 0 Å². The minimum atomic E-state index is -0.382. The largest absolute Gasteiger partial charge is 0.497 e. The number of carbonyl (C=O) groups excluding carboxylic acids is 1. The van der Waals surface area contributed by atoms with E-state index < -0.39 is 0 Å². The van der Waals surface area contributed by atoms with Crippen LogP contribution in [0.4, 0.5) is 0 Å². The lowest BCUT2D eigenvalue weighted by Gasteiger charge is -2.19. The number of hydrogen-bond donors (Lipinski definition) is 1. The van der Waals surface area contributed by atoms with Crippen molar-refractivity contribution in [3.8, 4) is 28.4 Å². The lowest BCUT2D eigenvalue weighted by Crippen LogP contribution is -2.11. The maximum atomic E-state index is 12.5. The monoisotopic (exact) mass is 369 g/mol. The van der Waals surface area contributed by atoms with Crippen molar-refractivity contribution >= 4 is 5.97 Å². The third-order valence-corrected chi connectivity index (χ3v) is 5.05. The lowest BCUT2D eigenvalue weighted by molar-refractivity contribution is 0.0521. The van der Waals surface area contributed by atoms with Crippen LogP contribution in [0.2, 0.25) is 0 Å². The van der Waals surface area contributed by atoms with Gasteiger partial charge in [0.2, 0.25) is 6.79 Å². The molecular formula is C21H23NO5. The van der Waals surface area contributed by atoms with Gasteiger partial charge in [0.25, 0.3) is 0 Å². The molecule has 2 aliphatic heterocycles. The van der Waals surface area contributed by atoms with Crippen LogP contribution in [-0.4, -0.2) is 39.6 Å². The van der Waals surface area contributed by atoms with Gasteiger partial charge in [-0.1, -0.05) is 12.1 Å². The zero-order valence-corrected chi connectivity index (χ0v) is 15.5. The van der Waals surface area contributed by atoms with E-state index in [0.717, 1.165) is 42.0 Å². The zero-order chi connectivity index (χ0) is 18.8. The van der Waals surface area contributed by atoms with Crippen LogP contribution in [0.1, 0.15) is 35.2 Å². The third-order valence-electron chi connectivity index (χ3n) is 5.05. The summed E-state index contributed by atoms with van der Waals surface area (Å²) in [6, 6.07) is 9.78. The predicted molar refractivity (Wildman–Crippen MR) is 101 cm³/mol. The summed E-state index contributed by atoms with van der Waals surface area (Å²) in [5.41, 5.74) is 3.50. The summed E-state index contributed by atoms with van der Waals surface area (Å²) in [5, 5.41) is 3.40. The van der Waals surface area contributed by atoms with Crippen molar-refractivity contribution < 1.29 is 23.7 Å². The second-order valence-corrected chi connectivity index (χ2v) is 6.59. The highest BCUT2D eigenvalue weighted by atomic mass is 16.7. The molecule has 1 N–H and O–H groups in total. The van der Waals surface area contributed by atoms with Gasteiger partial charge in [0.1, 0.15) is 11.3 Å². The van der Waals surface area contributed by atoms with E-state index in [2.05, 4.69) is 5.32 Å². The normalized spacial score (nSPS) is 17.8. The van der Waals surface area contributed by atoms with Crippen LogP contribution >= 0.6 is 0 Å². The molecule has 2 aromatic rings. The Bertz CT molecular complexity index is 841. The van der Waals surface area contributed by atoms with E-state index in [1.807, 2.05) is 30.3 Å². The van der Waals surface area contributed by atoms with Crippen LogP contribution in [0.3, 0.4) is 0 Å². The number of hydrogen-bond acceptors (Lipinski definition) is 6. The summed E-state index contributed by atoms with van der Waals surface area (Å²) < 4.78 is 22.0. The Labute approximate surface area is 158 Å². The highest BCUT2D eigenvalue weighted by Crippen LogP contribution is 2.49. The van der Waals surface area contributed by atoms with Crippen molar-refractivity contribution in [2.45, 2.75) is 19.3 Å². The van der Waals surface area contributed by atoms with Crippen LogP contribution in [-0.2, 0) is 4.74 Å². The second-order valence-electron chi connectivity index (χ2n) is 6.59. The SMILES string of the molecule is CCOC(=O)c1cc(C2CCNC2)c(-c2ccc(OC)cc2)c2c1OCO2. The van der Waals surface area contributed by atoms with Gasteiger partial charge in [0.05, 0.1) is 13.7 Å². The number of benzene rings is 2. The van der Waals surface area contributed by atoms with E-state index in [-0.39, 0.29) is 12.8 Å². The molecule has 1 saturated heterocycles. The molecule has 2 aliphatic rings. The van der Waals surface area contributed by atoms with Gasteiger partial charge in [-0.3, -0.25) is 0 Å². The molecule has 2 aromatic carbocycles. The first-order chi connectivity index (χ1) is 13.2. The summed E-state index contributed by atoms with van der Waals surface area (Å²) in [5.74, 6) is 1.79. The van der Waals surface area contributed by atoms with Crippen molar-refractivity contribution in [3.05, 3.63) is 41.5 Å². The van der Waals surface area contributed by atoms with Crippen LogP contribution in [0.15, 0.2) is 30.3 Å². The molecule has 2 heterocycles. The summed E-state index contributed by atoms with van der Waals surface area (Å²) in [6.45, 7) is 4.02. The van der Waals surface area contributed by atoms with Gasteiger partial charge in [0.15, 0.2) is 11.5 Å². The number of carbonyl (C=O) groups is 1. The van der Waals surface area contributed by atoms with Gasteiger partial charge in [0, 0.05) is 12.1 Å². The number of ether oxygens (including phenoxy) is 4. The van der Waals surface area contributed by atoms with Crippen molar-refractivity contribution in [1.29, 1.82) is 0 Å². The van der Waals surface area contributed by atoms with E-state index in [9.17, 15) is 4.79 Å². The van der Waals surface area contributed by atoms with Crippen LogP contribution in [0.25, 0.3) is 11.1 Å². The topological polar surface area (TPSA) is 66.0 Å². The molecule has 142 valence electrons. The van der Waals surface area contributed by atoms with Gasteiger partial charge < -0.3 is 24.3 Å². The Morgan fingerprint density at radius 3 is 2.67 bits per heavy atom. The van der Waals surface area contributed by atoms with Gasteiger partial charge >= 0.3 is 5.97 Å². The molecule has 1 fully saturated rings. The van der Waals surface area contributed by atoms with Crippen molar-refractivity contribution in [1.82, 2.24) is 5.32 Å². The van der Waals surface area contributed by atoms with Gasteiger partial charge in [-0.25, -0.2) is 4.79 Å². The fourth-order valence-electron chi connectivity index (χ4n) is 3.75. The van der Waals surface area contributed by atoms with Crippen molar-refractivity contribution in [2.75, 3.05) is 33.6 Å². The highest BCUT2D eigenvalue weighted by Gasteiger charge is 2.32. The Morgan fingerprint density at radius 2 is 2.00 bits per heavy atom. The first kappa shape index (κ1) is 17.7. The minimum Gasteiger partial charge on any atom is -0.497 e. The molecule has 0 amide bonds. The van der Waals surface area contributed by atoms with Crippen LogP contribution in [0, 0.1) is 0 Å². The Hall–Kier alpha value is -2.73. The smallest absolute Gasteiger partial charge is 0.342 e. The fraction of sp³-hybridized carbons (Fsp3) is 0.381. The first-order valence-corrected chi connectivity index (χ1v) is 9.21.